The fourth-order valence-corrected chi connectivity index (χ4v) is 5.03. The van der Waals surface area contributed by atoms with E-state index < -0.39 is 12.2 Å². The number of epoxide rings is 2. The Bertz CT molecular complexity index is 755. The lowest BCUT2D eigenvalue weighted by molar-refractivity contribution is -0.123. The van der Waals surface area contributed by atoms with Crippen LogP contribution in [0, 0.1) is 5.92 Å². The zero-order chi connectivity index (χ0) is 25.5. The molecule has 2 heterocycles. The van der Waals surface area contributed by atoms with Crippen LogP contribution in [-0.2, 0) is 33.3 Å². The molecule has 11 nitrogen and oxygen atoms in total. The zero-order valence-electron chi connectivity index (χ0n) is 21.5. The van der Waals surface area contributed by atoms with Crippen LogP contribution in [0.2, 0.25) is 0 Å². The number of nitrogens with one attached hydrogen (secondary N) is 3. The Hall–Kier alpha value is -1.76. The fourth-order valence-electron chi connectivity index (χ4n) is 5.03. The molecule has 3 rings (SSSR count). The molecule has 3 N–H and O–H groups in total. The van der Waals surface area contributed by atoms with Gasteiger partial charge in [0.1, 0.15) is 23.4 Å². The van der Waals surface area contributed by atoms with E-state index in [0.717, 1.165) is 12.8 Å². The Morgan fingerprint density at radius 3 is 2.63 bits per heavy atom. The smallest absolute Gasteiger partial charge is 0.431 e. The van der Waals surface area contributed by atoms with E-state index in [4.69, 9.17) is 28.5 Å². The first-order valence-electron chi connectivity index (χ1n) is 12.3. The molecule has 0 aromatic rings. The highest BCUT2D eigenvalue weighted by atomic mass is 16.7. The highest BCUT2D eigenvalue weighted by Crippen LogP contribution is 2.59. The van der Waals surface area contributed by atoms with Crippen LogP contribution in [0.5, 0.6) is 0 Å². The molecule has 3 aliphatic rings. The van der Waals surface area contributed by atoms with Crippen LogP contribution in [0.1, 0.15) is 40.0 Å². The standard InChI is InChI=1S/C24H41N3O8/c1-16(2)6-7-18-23(3,35-18)21-20(30-5)17(8-9-24(21)15-32-24)34-22(29)27-33-13-12-31-11-10-26-19(28)14-25-4/h6,17-18,20-21,25H,7-15H2,1-5H3,(H,26,28)(H,27,29)/t17?,18-,20?,21?,23-,24+/m1/s1. The minimum absolute atomic E-state index is 0.0370. The van der Waals surface area contributed by atoms with Crippen molar-refractivity contribution in [2.24, 2.45) is 5.92 Å². The maximum absolute atomic E-state index is 12.4. The van der Waals surface area contributed by atoms with Crippen molar-refractivity contribution >= 4 is 12.0 Å². The molecule has 200 valence electrons. The molecule has 2 saturated heterocycles. The van der Waals surface area contributed by atoms with E-state index in [1.165, 1.54) is 5.57 Å². The first-order chi connectivity index (χ1) is 16.8. The molecule has 1 saturated carbocycles. The summed E-state index contributed by atoms with van der Waals surface area (Å²) in [5.74, 6) is -0.133. The van der Waals surface area contributed by atoms with Gasteiger partial charge in [0.25, 0.3) is 0 Å². The number of carbonyl (C=O) groups excluding carboxylic acids is 2. The number of hydroxylamine groups is 1. The summed E-state index contributed by atoms with van der Waals surface area (Å²) in [6.45, 7) is 8.35. The van der Waals surface area contributed by atoms with E-state index in [9.17, 15) is 9.59 Å². The molecule has 0 aromatic carbocycles. The average Bonchev–Trinajstić information content (AvgIpc) is 3.72. The van der Waals surface area contributed by atoms with Crippen molar-refractivity contribution in [3.63, 3.8) is 0 Å². The number of methoxy groups -OCH3 is 1. The van der Waals surface area contributed by atoms with Crippen LogP contribution < -0.4 is 16.1 Å². The topological polar surface area (TPSA) is 132 Å². The van der Waals surface area contributed by atoms with Crippen LogP contribution in [0.15, 0.2) is 11.6 Å². The Balaban J connectivity index is 1.40. The third-order valence-electron chi connectivity index (χ3n) is 6.89. The van der Waals surface area contributed by atoms with Gasteiger partial charge in [0.2, 0.25) is 5.91 Å². The van der Waals surface area contributed by atoms with Gasteiger partial charge in [-0.1, -0.05) is 11.6 Å². The van der Waals surface area contributed by atoms with Crippen molar-refractivity contribution in [1.29, 1.82) is 0 Å². The van der Waals surface area contributed by atoms with E-state index in [1.54, 1.807) is 14.2 Å². The van der Waals surface area contributed by atoms with Crippen molar-refractivity contribution in [1.82, 2.24) is 16.1 Å². The van der Waals surface area contributed by atoms with Crippen molar-refractivity contribution in [3.05, 3.63) is 11.6 Å². The van der Waals surface area contributed by atoms with E-state index in [1.807, 2.05) is 0 Å². The maximum atomic E-state index is 12.4. The number of ether oxygens (including phenoxy) is 5. The summed E-state index contributed by atoms with van der Waals surface area (Å²) >= 11 is 0. The van der Waals surface area contributed by atoms with Crippen LogP contribution in [-0.4, -0.2) is 95.2 Å². The van der Waals surface area contributed by atoms with E-state index in [0.29, 0.717) is 26.2 Å². The normalized spacial score (nSPS) is 33.2. The van der Waals surface area contributed by atoms with Gasteiger partial charge in [-0.25, -0.2) is 4.79 Å². The van der Waals surface area contributed by atoms with Gasteiger partial charge in [0, 0.05) is 13.7 Å². The van der Waals surface area contributed by atoms with Crippen LogP contribution in [0.4, 0.5) is 4.79 Å². The lowest BCUT2D eigenvalue weighted by atomic mass is 9.68. The molecule has 0 bridgehead atoms. The summed E-state index contributed by atoms with van der Waals surface area (Å²) in [7, 11) is 3.34. The number of hydrogen-bond acceptors (Lipinski definition) is 9. The van der Waals surface area contributed by atoms with Crippen LogP contribution in [0.3, 0.4) is 0 Å². The van der Waals surface area contributed by atoms with Gasteiger partial charge < -0.3 is 34.3 Å². The Kier molecular flexibility index (Phi) is 9.91. The number of carbonyl (C=O) groups is 2. The molecule has 6 atom stereocenters. The summed E-state index contributed by atoms with van der Waals surface area (Å²) in [6, 6.07) is 0. The Morgan fingerprint density at radius 2 is 1.97 bits per heavy atom. The van der Waals surface area contributed by atoms with Gasteiger partial charge in [-0.3, -0.25) is 9.63 Å². The van der Waals surface area contributed by atoms with Gasteiger partial charge in [0.05, 0.1) is 45.0 Å². The van der Waals surface area contributed by atoms with Gasteiger partial charge >= 0.3 is 6.09 Å². The minimum atomic E-state index is -0.675. The molecule has 1 aliphatic carbocycles. The van der Waals surface area contributed by atoms with Crippen molar-refractivity contribution in [2.75, 3.05) is 53.7 Å². The second-order valence-corrected chi connectivity index (χ2v) is 9.76. The third kappa shape index (κ3) is 7.37. The number of amides is 2. The summed E-state index contributed by atoms with van der Waals surface area (Å²) in [4.78, 5) is 28.8. The molecule has 35 heavy (non-hydrogen) atoms. The number of allylic oxidation sites excluding steroid dienone is 1. The van der Waals surface area contributed by atoms with Gasteiger partial charge in [-0.2, -0.15) is 5.48 Å². The third-order valence-corrected chi connectivity index (χ3v) is 6.89. The molecule has 3 fully saturated rings. The van der Waals surface area contributed by atoms with Crippen molar-refractivity contribution < 1.29 is 38.1 Å². The predicted molar refractivity (Wildman–Crippen MR) is 127 cm³/mol. The monoisotopic (exact) mass is 499 g/mol. The molecular formula is C24H41N3O8. The number of likely N-dealkylation sites (N-methyl/N-ethyl adjacent to an activating group) is 1. The summed E-state index contributed by atoms with van der Waals surface area (Å²) < 4.78 is 29.0. The summed E-state index contributed by atoms with van der Waals surface area (Å²) in [5.41, 5.74) is 2.90. The molecule has 2 aliphatic heterocycles. The Labute approximate surface area is 207 Å². The lowest BCUT2D eigenvalue weighted by Gasteiger charge is -2.42. The molecule has 0 aromatic heterocycles. The summed E-state index contributed by atoms with van der Waals surface area (Å²) in [5, 5.41) is 5.47. The summed E-state index contributed by atoms with van der Waals surface area (Å²) in [6.07, 6.45) is 3.07. The van der Waals surface area contributed by atoms with Gasteiger partial charge in [-0.05, 0) is 47.1 Å². The molecule has 11 heteroatoms. The first kappa shape index (κ1) is 27.8. The molecule has 2 amide bonds. The molecule has 3 unspecified atom stereocenters. The van der Waals surface area contributed by atoms with Crippen molar-refractivity contribution in [3.8, 4) is 0 Å². The molecular weight excluding hydrogens is 458 g/mol. The zero-order valence-corrected chi connectivity index (χ0v) is 21.5. The largest absolute Gasteiger partial charge is 0.442 e. The molecule has 0 radical (unpaired) electrons. The number of rotatable bonds is 14. The number of hydrogen-bond donors (Lipinski definition) is 3. The quantitative estimate of drug-likeness (QED) is 0.139. The highest BCUT2D eigenvalue weighted by Gasteiger charge is 2.72. The minimum Gasteiger partial charge on any atom is -0.442 e. The van der Waals surface area contributed by atoms with Crippen LogP contribution >= 0.6 is 0 Å². The fraction of sp³-hybridized carbons (Fsp3) is 0.833. The van der Waals surface area contributed by atoms with E-state index in [2.05, 4.69) is 43.0 Å². The second-order valence-electron chi connectivity index (χ2n) is 9.76. The average molecular weight is 500 g/mol. The highest BCUT2D eigenvalue weighted by molar-refractivity contribution is 5.77. The van der Waals surface area contributed by atoms with Gasteiger partial charge in [-0.15, -0.1) is 0 Å². The van der Waals surface area contributed by atoms with Gasteiger partial charge in [0.15, 0.2) is 0 Å². The second kappa shape index (κ2) is 12.5. The Morgan fingerprint density at radius 1 is 1.20 bits per heavy atom. The van der Waals surface area contributed by atoms with Crippen molar-refractivity contribution in [2.45, 2.75) is 69.5 Å². The SMILES string of the molecule is CNCC(=O)NCCOCCONC(=O)OC1CC[C@]2(CO2)C([C@]2(C)O[C@@H]2CC=C(C)C)C1OC. The first-order valence-corrected chi connectivity index (χ1v) is 12.3. The predicted octanol–water partition coefficient (Wildman–Crippen LogP) is 1.07. The maximum Gasteiger partial charge on any atom is 0.431 e. The lowest BCUT2D eigenvalue weighted by Crippen LogP contribution is -2.56. The van der Waals surface area contributed by atoms with E-state index >= 15 is 0 Å². The van der Waals surface area contributed by atoms with Crippen LogP contribution in [0.25, 0.3) is 0 Å². The molecule has 1 spiro atoms. The van der Waals surface area contributed by atoms with E-state index in [-0.39, 0.29) is 55.0 Å².